The van der Waals surface area contributed by atoms with Crippen molar-refractivity contribution in [1.29, 1.82) is 0 Å². The van der Waals surface area contributed by atoms with Crippen LogP contribution in [0.25, 0.3) is 0 Å². The summed E-state index contributed by atoms with van der Waals surface area (Å²) in [5.41, 5.74) is 10.1. The van der Waals surface area contributed by atoms with E-state index in [1.165, 1.54) is 18.2 Å². The second-order valence-corrected chi connectivity index (χ2v) is 2.21. The molecular weight excluding hydrogens is 158 g/mol. The van der Waals surface area contributed by atoms with Crippen LogP contribution in [0, 0.1) is 6.04 Å². The number of amides is 2. The first kappa shape index (κ1) is 8.32. The number of hydrogen-bond acceptors (Lipinski definition) is 3. The van der Waals surface area contributed by atoms with Gasteiger partial charge in [0, 0.05) is 0 Å². The van der Waals surface area contributed by atoms with Gasteiger partial charge in [-0.3, -0.25) is 9.59 Å². The molecule has 0 bridgehead atoms. The first-order valence-corrected chi connectivity index (χ1v) is 3.23. The summed E-state index contributed by atoms with van der Waals surface area (Å²) in [6, 6.07) is 0.159. The minimum Gasteiger partial charge on any atom is -0.367 e. The van der Waals surface area contributed by atoms with Crippen LogP contribution in [-0.4, -0.2) is 11.8 Å². The van der Waals surface area contributed by atoms with Crippen LogP contribution in [0.5, 0.6) is 0 Å². The molecule has 1 aliphatic heterocycles. The van der Waals surface area contributed by atoms with E-state index in [4.69, 9.17) is 11.5 Å². The van der Waals surface area contributed by atoms with Crippen LogP contribution in [0.1, 0.15) is 0 Å². The summed E-state index contributed by atoms with van der Waals surface area (Å²) in [6.45, 7) is 0. The molecule has 0 aromatic rings. The van der Waals surface area contributed by atoms with E-state index in [-0.39, 0.29) is 11.7 Å². The molecule has 63 valence electrons. The summed E-state index contributed by atoms with van der Waals surface area (Å²) in [5.74, 6) is -1.25. The van der Waals surface area contributed by atoms with Gasteiger partial charge in [-0.05, 0) is 12.2 Å². The number of carbonyl (C=O) groups is 2. The number of rotatable bonds is 2. The predicted octanol–water partition coefficient (Wildman–Crippen LogP) is -1.47. The Morgan fingerprint density at radius 1 is 1.25 bits per heavy atom. The van der Waals surface area contributed by atoms with Crippen LogP contribution in [-0.2, 0) is 9.59 Å². The fourth-order valence-corrected chi connectivity index (χ4v) is 0.756. The number of allylic oxidation sites excluding steroid dienone is 2. The molecule has 5 heteroatoms. The van der Waals surface area contributed by atoms with Crippen molar-refractivity contribution in [2.45, 2.75) is 0 Å². The molecule has 1 heterocycles. The Labute approximate surface area is 69.1 Å². The third-order valence-electron chi connectivity index (χ3n) is 1.33. The molecule has 0 unspecified atom stereocenters. The number of carbonyl (C=O) groups excluding carboxylic acids is 2. The van der Waals surface area contributed by atoms with Crippen molar-refractivity contribution in [1.82, 2.24) is 5.32 Å². The molecule has 0 fully saturated rings. The fraction of sp³-hybridized carbons (Fsp3) is 0. The number of primary amides is 2. The van der Waals surface area contributed by atoms with Gasteiger partial charge < -0.3 is 16.8 Å². The monoisotopic (exact) mass is 166 g/mol. The van der Waals surface area contributed by atoms with E-state index in [1.807, 2.05) is 0 Å². The van der Waals surface area contributed by atoms with Crippen molar-refractivity contribution >= 4 is 11.8 Å². The minimum atomic E-state index is -0.627. The third-order valence-corrected chi connectivity index (χ3v) is 1.33. The molecule has 0 aromatic carbocycles. The largest absolute Gasteiger partial charge is 0.367 e. The van der Waals surface area contributed by atoms with Gasteiger partial charge in [0.25, 0.3) is 11.8 Å². The zero-order valence-electron chi connectivity index (χ0n) is 6.20. The van der Waals surface area contributed by atoms with Crippen LogP contribution >= 0.6 is 0 Å². The molecule has 5 N–H and O–H groups in total. The lowest BCUT2D eigenvalue weighted by atomic mass is 10.1. The SMILES string of the molecule is NC(=O)[C]1C=CC=C(C(N)=O)N1. The van der Waals surface area contributed by atoms with Gasteiger partial charge in [-0.15, -0.1) is 0 Å². The maximum Gasteiger partial charge on any atom is 0.264 e. The molecule has 0 aromatic heterocycles. The number of dihydropyridines is 1. The Kier molecular flexibility index (Phi) is 2.14. The van der Waals surface area contributed by atoms with E-state index in [9.17, 15) is 9.59 Å². The lowest BCUT2D eigenvalue weighted by molar-refractivity contribution is -0.116. The zero-order chi connectivity index (χ0) is 9.14. The van der Waals surface area contributed by atoms with Gasteiger partial charge >= 0.3 is 0 Å². The van der Waals surface area contributed by atoms with E-state index >= 15 is 0 Å². The highest BCUT2D eigenvalue weighted by atomic mass is 16.2. The lowest BCUT2D eigenvalue weighted by Gasteiger charge is -2.14. The number of hydrogen-bond donors (Lipinski definition) is 3. The van der Waals surface area contributed by atoms with Gasteiger partial charge in [0.1, 0.15) is 5.70 Å². The Balaban J connectivity index is 2.74. The maximum absolute atomic E-state index is 10.6. The highest BCUT2D eigenvalue weighted by molar-refractivity contribution is 5.97. The molecule has 0 spiro atoms. The molecule has 1 rings (SSSR count). The summed E-state index contributed by atoms with van der Waals surface area (Å²) in [4.78, 5) is 21.2. The fourth-order valence-electron chi connectivity index (χ4n) is 0.756. The molecular formula is C7H8N3O2. The van der Waals surface area contributed by atoms with Gasteiger partial charge in [-0.2, -0.15) is 0 Å². The summed E-state index contributed by atoms with van der Waals surface area (Å²) in [6.07, 6.45) is 4.46. The summed E-state index contributed by atoms with van der Waals surface area (Å²) in [7, 11) is 0. The normalized spacial score (nSPS) is 16.5. The molecule has 5 nitrogen and oxygen atoms in total. The first-order valence-electron chi connectivity index (χ1n) is 3.23. The molecule has 1 aliphatic rings. The van der Waals surface area contributed by atoms with Crippen molar-refractivity contribution in [3.63, 3.8) is 0 Å². The molecule has 12 heavy (non-hydrogen) atoms. The van der Waals surface area contributed by atoms with E-state index < -0.39 is 11.8 Å². The average Bonchev–Trinajstić information content (AvgIpc) is 2.04. The quantitative estimate of drug-likeness (QED) is 0.467. The Bertz CT molecular complexity index is 280. The van der Waals surface area contributed by atoms with E-state index in [1.54, 1.807) is 0 Å². The van der Waals surface area contributed by atoms with Crippen LogP contribution in [0.2, 0.25) is 0 Å². The standard InChI is InChI=1S/C7H8N3O2/c8-6(11)4-2-1-3-5(10-4)7(9)12/h1-3,10H,(H2,8,11)(H2,9,12). The van der Waals surface area contributed by atoms with Crippen molar-refractivity contribution in [3.8, 4) is 0 Å². The lowest BCUT2D eigenvalue weighted by Crippen LogP contribution is -2.37. The van der Waals surface area contributed by atoms with Crippen molar-refractivity contribution in [2.75, 3.05) is 0 Å². The van der Waals surface area contributed by atoms with Gasteiger partial charge in [0.2, 0.25) is 0 Å². The molecule has 0 aliphatic carbocycles. The maximum atomic E-state index is 10.6. The van der Waals surface area contributed by atoms with E-state index in [0.717, 1.165) is 0 Å². The van der Waals surface area contributed by atoms with Crippen LogP contribution in [0.15, 0.2) is 23.9 Å². The van der Waals surface area contributed by atoms with Gasteiger partial charge in [0.05, 0.1) is 0 Å². The highest BCUT2D eigenvalue weighted by Gasteiger charge is 2.18. The van der Waals surface area contributed by atoms with E-state index in [0.29, 0.717) is 0 Å². The zero-order valence-corrected chi connectivity index (χ0v) is 6.20. The Morgan fingerprint density at radius 3 is 2.42 bits per heavy atom. The third kappa shape index (κ3) is 1.63. The molecule has 0 saturated heterocycles. The summed E-state index contributed by atoms with van der Waals surface area (Å²) >= 11 is 0. The molecule has 0 saturated carbocycles. The topological polar surface area (TPSA) is 98.2 Å². The number of nitrogens with one attached hydrogen (secondary N) is 1. The van der Waals surface area contributed by atoms with Crippen molar-refractivity contribution in [2.24, 2.45) is 11.5 Å². The smallest absolute Gasteiger partial charge is 0.264 e. The minimum absolute atomic E-state index is 0.159. The second kappa shape index (κ2) is 3.08. The van der Waals surface area contributed by atoms with Crippen molar-refractivity contribution < 1.29 is 9.59 Å². The van der Waals surface area contributed by atoms with Crippen LogP contribution in [0.4, 0.5) is 0 Å². The first-order chi connectivity index (χ1) is 5.61. The summed E-state index contributed by atoms with van der Waals surface area (Å²) in [5, 5.41) is 2.49. The molecule has 1 radical (unpaired) electrons. The number of nitrogens with two attached hydrogens (primary N) is 2. The summed E-state index contributed by atoms with van der Waals surface area (Å²) < 4.78 is 0. The van der Waals surface area contributed by atoms with Gasteiger partial charge in [-0.25, -0.2) is 0 Å². The van der Waals surface area contributed by atoms with Crippen LogP contribution < -0.4 is 16.8 Å². The van der Waals surface area contributed by atoms with E-state index in [2.05, 4.69) is 5.32 Å². The highest BCUT2D eigenvalue weighted by Crippen LogP contribution is 2.06. The van der Waals surface area contributed by atoms with Crippen molar-refractivity contribution in [3.05, 3.63) is 30.0 Å². The molecule has 2 amide bonds. The Hall–Kier alpha value is -1.78. The molecule has 0 atom stereocenters. The predicted molar refractivity (Wildman–Crippen MR) is 42.0 cm³/mol. The average molecular weight is 166 g/mol. The second-order valence-electron chi connectivity index (χ2n) is 2.21. The van der Waals surface area contributed by atoms with Gasteiger partial charge in [-0.1, -0.05) is 6.08 Å². The van der Waals surface area contributed by atoms with Gasteiger partial charge in [0.15, 0.2) is 6.04 Å². The van der Waals surface area contributed by atoms with Crippen LogP contribution in [0.3, 0.4) is 0 Å². The Morgan fingerprint density at radius 2 is 1.92 bits per heavy atom.